The first-order chi connectivity index (χ1) is 9.66. The van der Waals surface area contributed by atoms with Crippen LogP contribution in [0.5, 0.6) is 0 Å². The average Bonchev–Trinajstić information content (AvgIpc) is 2.96. The number of aliphatic hydroxyl groups is 1. The SMILES string of the molecule is CC(O)CNC(=O)c1ccccc1NCC1=NCCN1.Cl. The number of benzene rings is 1. The Morgan fingerprint density at radius 1 is 1.48 bits per heavy atom. The molecule has 116 valence electrons. The minimum absolute atomic E-state index is 0. The maximum absolute atomic E-state index is 12.1. The smallest absolute Gasteiger partial charge is 0.253 e. The zero-order chi connectivity index (χ0) is 14.4. The molecule has 0 aromatic heterocycles. The first-order valence-electron chi connectivity index (χ1n) is 6.73. The van der Waals surface area contributed by atoms with Crippen LogP contribution in [0.25, 0.3) is 0 Å². The fourth-order valence-corrected chi connectivity index (χ4v) is 1.92. The number of nitrogens with zero attached hydrogens (tertiary/aromatic N) is 1. The molecule has 1 aromatic rings. The molecular weight excluding hydrogens is 292 g/mol. The van der Waals surface area contributed by atoms with Gasteiger partial charge in [-0.1, -0.05) is 12.1 Å². The second-order valence-corrected chi connectivity index (χ2v) is 4.71. The normalized spacial score (nSPS) is 14.5. The van der Waals surface area contributed by atoms with Gasteiger partial charge < -0.3 is 21.1 Å². The predicted molar refractivity (Wildman–Crippen MR) is 86.5 cm³/mol. The summed E-state index contributed by atoms with van der Waals surface area (Å²) in [6.45, 7) is 4.11. The van der Waals surface area contributed by atoms with Crippen LogP contribution >= 0.6 is 12.4 Å². The number of hydrogen-bond donors (Lipinski definition) is 4. The molecule has 7 heteroatoms. The van der Waals surface area contributed by atoms with E-state index in [-0.39, 0.29) is 24.9 Å². The van der Waals surface area contributed by atoms with Crippen molar-refractivity contribution in [3.8, 4) is 0 Å². The van der Waals surface area contributed by atoms with Crippen molar-refractivity contribution in [1.29, 1.82) is 0 Å². The van der Waals surface area contributed by atoms with Gasteiger partial charge in [-0.05, 0) is 19.1 Å². The van der Waals surface area contributed by atoms with Gasteiger partial charge in [0.1, 0.15) is 5.84 Å². The molecule has 0 saturated carbocycles. The third-order valence-electron chi connectivity index (χ3n) is 2.92. The Labute approximate surface area is 130 Å². The van der Waals surface area contributed by atoms with Gasteiger partial charge in [-0.2, -0.15) is 0 Å². The zero-order valence-electron chi connectivity index (χ0n) is 11.9. The number of hydrogen-bond acceptors (Lipinski definition) is 5. The second kappa shape index (κ2) is 8.49. The van der Waals surface area contributed by atoms with E-state index in [1.165, 1.54) is 0 Å². The van der Waals surface area contributed by atoms with Gasteiger partial charge in [0, 0.05) is 18.8 Å². The van der Waals surface area contributed by atoms with Gasteiger partial charge in [0.25, 0.3) is 5.91 Å². The van der Waals surface area contributed by atoms with Gasteiger partial charge in [-0.25, -0.2) is 0 Å². The molecule has 0 spiro atoms. The number of carbonyl (C=O) groups excluding carboxylic acids is 1. The van der Waals surface area contributed by atoms with E-state index in [1.807, 2.05) is 18.2 Å². The minimum Gasteiger partial charge on any atom is -0.392 e. The van der Waals surface area contributed by atoms with E-state index < -0.39 is 6.10 Å². The van der Waals surface area contributed by atoms with Crippen LogP contribution in [-0.4, -0.2) is 49.1 Å². The number of para-hydroxylation sites is 1. The molecule has 4 N–H and O–H groups in total. The molecule has 0 fully saturated rings. The van der Waals surface area contributed by atoms with Crippen LogP contribution in [0.3, 0.4) is 0 Å². The lowest BCUT2D eigenvalue weighted by atomic mass is 10.1. The lowest BCUT2D eigenvalue weighted by Crippen LogP contribution is -2.31. The summed E-state index contributed by atoms with van der Waals surface area (Å²) in [7, 11) is 0. The van der Waals surface area contributed by atoms with E-state index in [4.69, 9.17) is 0 Å². The number of amides is 1. The maximum Gasteiger partial charge on any atom is 0.253 e. The highest BCUT2D eigenvalue weighted by molar-refractivity contribution is 6.00. The highest BCUT2D eigenvalue weighted by Crippen LogP contribution is 2.14. The minimum atomic E-state index is -0.559. The first-order valence-corrected chi connectivity index (χ1v) is 6.73. The molecular formula is C14H21ClN4O2. The maximum atomic E-state index is 12.1. The van der Waals surface area contributed by atoms with Gasteiger partial charge in [-0.3, -0.25) is 9.79 Å². The van der Waals surface area contributed by atoms with Crippen LogP contribution in [0.2, 0.25) is 0 Å². The van der Waals surface area contributed by atoms with Gasteiger partial charge in [0.05, 0.1) is 24.8 Å². The van der Waals surface area contributed by atoms with Crippen LogP contribution in [0, 0.1) is 0 Å². The highest BCUT2D eigenvalue weighted by atomic mass is 35.5. The van der Waals surface area contributed by atoms with E-state index in [0.717, 1.165) is 24.6 Å². The largest absolute Gasteiger partial charge is 0.392 e. The fraction of sp³-hybridized carbons (Fsp3) is 0.429. The molecule has 0 bridgehead atoms. The third-order valence-corrected chi connectivity index (χ3v) is 2.92. The highest BCUT2D eigenvalue weighted by Gasteiger charge is 2.12. The zero-order valence-corrected chi connectivity index (χ0v) is 12.7. The van der Waals surface area contributed by atoms with Gasteiger partial charge in [0.15, 0.2) is 0 Å². The van der Waals surface area contributed by atoms with Crippen molar-refractivity contribution in [2.75, 3.05) is 31.5 Å². The van der Waals surface area contributed by atoms with Crippen LogP contribution in [0.1, 0.15) is 17.3 Å². The molecule has 1 atom stereocenters. The fourth-order valence-electron chi connectivity index (χ4n) is 1.92. The topological polar surface area (TPSA) is 85.8 Å². The van der Waals surface area contributed by atoms with Crippen molar-refractivity contribution in [3.05, 3.63) is 29.8 Å². The van der Waals surface area contributed by atoms with Crippen LogP contribution < -0.4 is 16.0 Å². The molecule has 0 radical (unpaired) electrons. The number of carbonyl (C=O) groups is 1. The quantitative estimate of drug-likeness (QED) is 0.621. The number of aliphatic hydroxyl groups excluding tert-OH is 1. The summed E-state index contributed by atoms with van der Waals surface area (Å²) in [5, 5.41) is 18.3. The number of rotatable bonds is 6. The molecule has 0 aliphatic carbocycles. The van der Waals surface area contributed by atoms with Crippen LogP contribution in [-0.2, 0) is 0 Å². The summed E-state index contributed by atoms with van der Waals surface area (Å²) in [6.07, 6.45) is -0.559. The molecule has 1 unspecified atom stereocenters. The molecule has 1 heterocycles. The summed E-state index contributed by atoms with van der Waals surface area (Å²) in [5.74, 6) is 0.708. The summed E-state index contributed by atoms with van der Waals surface area (Å²) < 4.78 is 0. The van der Waals surface area contributed by atoms with Gasteiger partial charge >= 0.3 is 0 Å². The van der Waals surface area contributed by atoms with Crippen molar-refractivity contribution >= 4 is 29.8 Å². The summed E-state index contributed by atoms with van der Waals surface area (Å²) in [5.41, 5.74) is 1.32. The number of anilines is 1. The molecule has 1 amide bonds. The Kier molecular flexibility index (Phi) is 6.98. The molecule has 21 heavy (non-hydrogen) atoms. The molecule has 1 aliphatic rings. The van der Waals surface area contributed by atoms with E-state index in [0.29, 0.717) is 12.1 Å². The predicted octanol–water partition coefficient (Wildman–Crippen LogP) is 0.633. The number of halogens is 1. The third kappa shape index (κ3) is 5.24. The van der Waals surface area contributed by atoms with E-state index in [9.17, 15) is 9.90 Å². The lowest BCUT2D eigenvalue weighted by Gasteiger charge is -2.13. The van der Waals surface area contributed by atoms with E-state index in [2.05, 4.69) is 20.9 Å². The Bertz CT molecular complexity index is 506. The van der Waals surface area contributed by atoms with Crippen LogP contribution in [0.4, 0.5) is 5.69 Å². The van der Waals surface area contributed by atoms with Crippen molar-refractivity contribution in [2.45, 2.75) is 13.0 Å². The van der Waals surface area contributed by atoms with Crippen molar-refractivity contribution in [3.63, 3.8) is 0 Å². The first kappa shape index (κ1) is 17.3. The Hall–Kier alpha value is -1.79. The Morgan fingerprint density at radius 2 is 2.24 bits per heavy atom. The van der Waals surface area contributed by atoms with Crippen LogP contribution in [0.15, 0.2) is 29.3 Å². The molecule has 0 saturated heterocycles. The number of nitrogens with one attached hydrogen (secondary N) is 3. The number of amidine groups is 1. The Balaban J connectivity index is 0.00000220. The summed E-state index contributed by atoms with van der Waals surface area (Å²) in [6, 6.07) is 7.29. The standard InChI is InChI=1S/C14H20N4O2.ClH/c1-10(19)8-18-14(20)11-4-2-3-5-12(11)17-9-13-15-6-7-16-13;/h2-5,10,17,19H,6-9H2,1H3,(H,15,16)(H,18,20);1H. The molecule has 1 aliphatic heterocycles. The van der Waals surface area contributed by atoms with Crippen molar-refractivity contribution < 1.29 is 9.90 Å². The average molecular weight is 313 g/mol. The molecule has 6 nitrogen and oxygen atoms in total. The second-order valence-electron chi connectivity index (χ2n) is 4.71. The van der Waals surface area contributed by atoms with Crippen molar-refractivity contribution in [2.24, 2.45) is 4.99 Å². The van der Waals surface area contributed by atoms with Gasteiger partial charge in [0.2, 0.25) is 0 Å². The van der Waals surface area contributed by atoms with Gasteiger partial charge in [-0.15, -0.1) is 12.4 Å². The monoisotopic (exact) mass is 312 g/mol. The molecule has 1 aromatic carbocycles. The number of aliphatic imine (C=N–C) groups is 1. The summed E-state index contributed by atoms with van der Waals surface area (Å²) >= 11 is 0. The Morgan fingerprint density at radius 3 is 2.90 bits per heavy atom. The molecule has 2 rings (SSSR count). The lowest BCUT2D eigenvalue weighted by molar-refractivity contribution is 0.0925. The van der Waals surface area contributed by atoms with E-state index in [1.54, 1.807) is 13.0 Å². The van der Waals surface area contributed by atoms with Crippen molar-refractivity contribution in [1.82, 2.24) is 10.6 Å². The van der Waals surface area contributed by atoms with E-state index >= 15 is 0 Å². The summed E-state index contributed by atoms with van der Waals surface area (Å²) in [4.78, 5) is 16.4.